The molecule has 5 nitrogen and oxygen atoms in total. The molecule has 2 heterocycles. The summed E-state index contributed by atoms with van der Waals surface area (Å²) in [6.07, 6.45) is 1.64. The van der Waals surface area contributed by atoms with Crippen molar-refractivity contribution in [3.05, 3.63) is 114 Å². The number of rotatable bonds is 7. The van der Waals surface area contributed by atoms with Crippen molar-refractivity contribution in [1.82, 2.24) is 15.1 Å². The monoisotopic (exact) mass is 476 g/mol. The van der Waals surface area contributed by atoms with Crippen LogP contribution in [0.25, 0.3) is 11.3 Å². The van der Waals surface area contributed by atoms with E-state index in [4.69, 9.17) is 0 Å². The summed E-state index contributed by atoms with van der Waals surface area (Å²) in [5.74, 6) is 1.14. The van der Waals surface area contributed by atoms with Gasteiger partial charge in [-0.25, -0.2) is 0 Å². The lowest BCUT2D eigenvalue weighted by Gasteiger charge is -2.35. The largest absolute Gasteiger partial charge is 0.355 e. The van der Waals surface area contributed by atoms with E-state index in [1.165, 1.54) is 5.56 Å². The fraction of sp³-hybridized carbons (Fsp3) is 0.258. The normalized spacial score (nSPS) is 14.0. The third kappa shape index (κ3) is 5.62. The predicted molar refractivity (Wildman–Crippen MR) is 144 cm³/mol. The molecule has 0 N–H and O–H groups in total. The van der Waals surface area contributed by atoms with Gasteiger partial charge in [-0.1, -0.05) is 84.9 Å². The fourth-order valence-corrected chi connectivity index (χ4v) is 4.93. The summed E-state index contributed by atoms with van der Waals surface area (Å²) in [5, 5.41) is 9.01. The predicted octanol–water partition coefficient (Wildman–Crippen LogP) is 5.90. The van der Waals surface area contributed by atoms with Crippen molar-refractivity contribution >= 4 is 11.7 Å². The van der Waals surface area contributed by atoms with E-state index in [9.17, 15) is 4.79 Å². The van der Waals surface area contributed by atoms with Crippen molar-refractivity contribution in [2.45, 2.75) is 32.9 Å². The molecule has 36 heavy (non-hydrogen) atoms. The summed E-state index contributed by atoms with van der Waals surface area (Å²) in [4.78, 5) is 17.9. The Labute approximate surface area is 213 Å². The molecule has 0 aliphatic carbocycles. The lowest BCUT2D eigenvalue weighted by atomic mass is 9.94. The van der Waals surface area contributed by atoms with Crippen LogP contribution in [0.1, 0.15) is 29.5 Å². The lowest BCUT2D eigenvalue weighted by Crippen LogP contribution is -2.42. The Morgan fingerprint density at radius 2 is 1.36 bits per heavy atom. The molecule has 182 valence electrons. The maximum absolute atomic E-state index is 13.7. The van der Waals surface area contributed by atoms with Crippen LogP contribution in [0, 0.1) is 12.8 Å². The molecule has 0 saturated carbocycles. The van der Waals surface area contributed by atoms with Gasteiger partial charge in [0.05, 0.1) is 5.69 Å². The molecule has 0 bridgehead atoms. The average molecular weight is 477 g/mol. The molecule has 0 atom stereocenters. The van der Waals surface area contributed by atoms with Crippen LogP contribution in [-0.2, 0) is 17.9 Å². The second kappa shape index (κ2) is 11.2. The minimum atomic E-state index is 0.0212. The molecular formula is C31H32N4O. The highest BCUT2D eigenvalue weighted by atomic mass is 16.2. The minimum absolute atomic E-state index is 0.0212. The zero-order valence-corrected chi connectivity index (χ0v) is 20.8. The highest BCUT2D eigenvalue weighted by Gasteiger charge is 2.29. The molecule has 3 aromatic carbocycles. The standard InChI is InChI=1S/C31H32N4O/c1-24-10-8-9-15-28(24)29-16-17-30(33-32-29)34-20-18-27(19-21-34)31(36)35(22-25-11-4-2-5-12-25)23-26-13-6-3-7-14-26/h2-17,27H,18-23H2,1H3. The van der Waals surface area contributed by atoms with E-state index in [2.05, 4.69) is 58.4 Å². The Kier molecular flexibility index (Phi) is 7.36. The Bertz CT molecular complexity index is 1230. The molecule has 1 aliphatic rings. The number of amides is 1. The van der Waals surface area contributed by atoms with Gasteiger partial charge >= 0.3 is 0 Å². The molecule has 1 aromatic heterocycles. The molecule has 5 heteroatoms. The number of hydrogen-bond acceptors (Lipinski definition) is 4. The third-order valence-electron chi connectivity index (χ3n) is 6.98. The van der Waals surface area contributed by atoms with Crippen LogP contribution in [-0.4, -0.2) is 34.1 Å². The van der Waals surface area contributed by atoms with E-state index in [0.29, 0.717) is 13.1 Å². The fourth-order valence-electron chi connectivity index (χ4n) is 4.93. The maximum Gasteiger partial charge on any atom is 0.226 e. The first-order chi connectivity index (χ1) is 17.7. The summed E-state index contributed by atoms with van der Waals surface area (Å²) in [5.41, 5.74) is 5.50. The lowest BCUT2D eigenvalue weighted by molar-refractivity contribution is -0.137. The van der Waals surface area contributed by atoms with Crippen molar-refractivity contribution < 1.29 is 4.79 Å². The quantitative estimate of drug-likeness (QED) is 0.333. The number of carbonyl (C=O) groups is 1. The van der Waals surface area contributed by atoms with Crippen molar-refractivity contribution in [3.8, 4) is 11.3 Å². The van der Waals surface area contributed by atoms with E-state index >= 15 is 0 Å². The van der Waals surface area contributed by atoms with Gasteiger partial charge < -0.3 is 9.80 Å². The molecule has 1 fully saturated rings. The molecule has 1 saturated heterocycles. The van der Waals surface area contributed by atoms with Gasteiger partial charge in [-0.05, 0) is 48.6 Å². The van der Waals surface area contributed by atoms with Gasteiger partial charge in [-0.2, -0.15) is 0 Å². The SMILES string of the molecule is Cc1ccccc1-c1ccc(N2CCC(C(=O)N(Cc3ccccc3)Cc3ccccc3)CC2)nn1. The highest BCUT2D eigenvalue weighted by molar-refractivity contribution is 5.79. The van der Waals surface area contributed by atoms with Crippen molar-refractivity contribution in [2.24, 2.45) is 5.92 Å². The van der Waals surface area contributed by atoms with Crippen molar-refractivity contribution in [2.75, 3.05) is 18.0 Å². The molecule has 4 aromatic rings. The van der Waals surface area contributed by atoms with Crippen LogP contribution in [0.15, 0.2) is 97.1 Å². The average Bonchev–Trinajstić information content (AvgIpc) is 2.94. The summed E-state index contributed by atoms with van der Waals surface area (Å²) in [6.45, 7) is 4.95. The van der Waals surface area contributed by atoms with Gasteiger partial charge in [0, 0.05) is 37.7 Å². The molecule has 0 spiro atoms. The number of carbonyl (C=O) groups excluding carboxylic acids is 1. The van der Waals surface area contributed by atoms with E-state index in [-0.39, 0.29) is 11.8 Å². The van der Waals surface area contributed by atoms with Gasteiger partial charge in [0.1, 0.15) is 0 Å². The Balaban J connectivity index is 1.24. The summed E-state index contributed by atoms with van der Waals surface area (Å²) in [7, 11) is 0. The smallest absolute Gasteiger partial charge is 0.226 e. The van der Waals surface area contributed by atoms with E-state index < -0.39 is 0 Å². The second-order valence-electron chi connectivity index (χ2n) is 9.52. The molecule has 0 radical (unpaired) electrons. The number of piperidine rings is 1. The number of hydrogen-bond donors (Lipinski definition) is 0. The molecular weight excluding hydrogens is 444 g/mol. The summed E-state index contributed by atoms with van der Waals surface area (Å²) < 4.78 is 0. The van der Waals surface area contributed by atoms with Crippen LogP contribution in [0.5, 0.6) is 0 Å². The highest BCUT2D eigenvalue weighted by Crippen LogP contribution is 2.26. The molecule has 1 amide bonds. The van der Waals surface area contributed by atoms with E-state index in [1.54, 1.807) is 0 Å². The van der Waals surface area contributed by atoms with Gasteiger partial charge in [0.15, 0.2) is 5.82 Å². The van der Waals surface area contributed by atoms with Gasteiger partial charge in [-0.15, -0.1) is 10.2 Å². The minimum Gasteiger partial charge on any atom is -0.355 e. The van der Waals surface area contributed by atoms with Gasteiger partial charge in [-0.3, -0.25) is 4.79 Å². The first-order valence-corrected chi connectivity index (χ1v) is 12.7. The first-order valence-electron chi connectivity index (χ1n) is 12.7. The first kappa shape index (κ1) is 23.7. The topological polar surface area (TPSA) is 49.3 Å². The van der Waals surface area contributed by atoms with E-state index in [0.717, 1.165) is 54.1 Å². The van der Waals surface area contributed by atoms with E-state index in [1.807, 2.05) is 65.6 Å². The molecule has 0 unspecified atom stereocenters. The third-order valence-corrected chi connectivity index (χ3v) is 6.98. The van der Waals surface area contributed by atoms with Crippen molar-refractivity contribution in [3.63, 3.8) is 0 Å². The van der Waals surface area contributed by atoms with Crippen molar-refractivity contribution in [1.29, 1.82) is 0 Å². The Morgan fingerprint density at radius 3 is 1.92 bits per heavy atom. The number of aryl methyl sites for hydroxylation is 1. The van der Waals surface area contributed by atoms with Crippen LogP contribution < -0.4 is 4.90 Å². The maximum atomic E-state index is 13.7. The Morgan fingerprint density at radius 1 is 0.778 bits per heavy atom. The van der Waals surface area contributed by atoms with Gasteiger partial charge in [0.25, 0.3) is 0 Å². The second-order valence-corrected chi connectivity index (χ2v) is 9.52. The zero-order valence-electron chi connectivity index (χ0n) is 20.8. The number of nitrogens with zero attached hydrogens (tertiary/aromatic N) is 4. The zero-order chi connectivity index (χ0) is 24.7. The summed E-state index contributed by atoms with van der Waals surface area (Å²) in [6, 6.07) is 32.8. The van der Waals surface area contributed by atoms with Gasteiger partial charge in [0.2, 0.25) is 5.91 Å². The van der Waals surface area contributed by atoms with Crippen LogP contribution in [0.2, 0.25) is 0 Å². The van der Waals surface area contributed by atoms with Crippen LogP contribution in [0.4, 0.5) is 5.82 Å². The number of benzene rings is 3. The van der Waals surface area contributed by atoms with Crippen LogP contribution in [0.3, 0.4) is 0 Å². The molecule has 1 aliphatic heterocycles. The Hall–Kier alpha value is -3.99. The number of aromatic nitrogens is 2. The van der Waals surface area contributed by atoms with Crippen LogP contribution >= 0.6 is 0 Å². The summed E-state index contributed by atoms with van der Waals surface area (Å²) >= 11 is 0. The molecule has 5 rings (SSSR count). The number of anilines is 1.